The van der Waals surface area contributed by atoms with Crippen LogP contribution in [0.4, 0.5) is 11.4 Å². The third-order valence-electron chi connectivity index (χ3n) is 4.13. The highest BCUT2D eigenvalue weighted by atomic mass is 32.2. The summed E-state index contributed by atoms with van der Waals surface area (Å²) in [5.41, 5.74) is 2.13. The van der Waals surface area contributed by atoms with E-state index < -0.39 is 25.5 Å². The third kappa shape index (κ3) is 3.30. The van der Waals surface area contributed by atoms with Crippen molar-refractivity contribution >= 4 is 32.4 Å². The van der Waals surface area contributed by atoms with E-state index >= 15 is 0 Å². The average Bonchev–Trinajstić information content (AvgIpc) is 3.12. The molecule has 0 amide bonds. The van der Waals surface area contributed by atoms with Crippen molar-refractivity contribution < 1.29 is 13.3 Å². The van der Waals surface area contributed by atoms with Gasteiger partial charge in [-0.05, 0) is 30.3 Å². The van der Waals surface area contributed by atoms with Gasteiger partial charge in [0.15, 0.2) is 4.90 Å². The molecule has 140 valence electrons. The first kappa shape index (κ1) is 17.7. The molecule has 0 aliphatic carbocycles. The smallest absolute Gasteiger partial charge is 0.289 e. The summed E-state index contributed by atoms with van der Waals surface area (Å²) >= 11 is 0. The van der Waals surface area contributed by atoms with E-state index in [9.17, 15) is 18.5 Å². The van der Waals surface area contributed by atoms with Crippen LogP contribution in [0.15, 0.2) is 77.7 Å². The number of benzene rings is 3. The number of hydrogen-bond acceptors (Lipinski definition) is 5. The number of aromatic amines is 1. The fourth-order valence-electron chi connectivity index (χ4n) is 2.86. The Morgan fingerprint density at radius 3 is 2.50 bits per heavy atom. The SMILES string of the molecule is O=[N+]([O-])c1ccccc1S(=O)(=O)Nc1cccc(-c2nc3ccccc3[nH]2)c1. The molecule has 4 aromatic rings. The van der Waals surface area contributed by atoms with Crippen LogP contribution >= 0.6 is 0 Å². The van der Waals surface area contributed by atoms with Gasteiger partial charge in [-0.1, -0.05) is 36.4 Å². The van der Waals surface area contributed by atoms with Gasteiger partial charge >= 0.3 is 0 Å². The van der Waals surface area contributed by atoms with E-state index in [1.165, 1.54) is 18.2 Å². The Labute approximate surface area is 160 Å². The first-order valence-electron chi connectivity index (χ1n) is 8.25. The lowest BCUT2D eigenvalue weighted by Gasteiger charge is -2.09. The molecule has 1 heterocycles. The molecule has 0 aliphatic heterocycles. The molecule has 0 aliphatic rings. The second-order valence-electron chi connectivity index (χ2n) is 6.01. The van der Waals surface area contributed by atoms with Crippen molar-refractivity contribution in [3.63, 3.8) is 0 Å². The van der Waals surface area contributed by atoms with Gasteiger partial charge in [-0.15, -0.1) is 0 Å². The summed E-state index contributed by atoms with van der Waals surface area (Å²) in [6.07, 6.45) is 0. The van der Waals surface area contributed by atoms with Crippen LogP contribution in [0.1, 0.15) is 0 Å². The van der Waals surface area contributed by atoms with Crippen LogP contribution < -0.4 is 4.72 Å². The third-order valence-corrected chi connectivity index (χ3v) is 5.56. The van der Waals surface area contributed by atoms with Gasteiger partial charge in [0.05, 0.1) is 16.0 Å². The Hall–Kier alpha value is -3.72. The molecule has 28 heavy (non-hydrogen) atoms. The van der Waals surface area contributed by atoms with Crippen LogP contribution in [0.2, 0.25) is 0 Å². The van der Waals surface area contributed by atoms with Crippen LogP contribution in [0.5, 0.6) is 0 Å². The van der Waals surface area contributed by atoms with Crippen molar-refractivity contribution in [2.75, 3.05) is 4.72 Å². The van der Waals surface area contributed by atoms with Crippen LogP contribution in [0.3, 0.4) is 0 Å². The van der Waals surface area contributed by atoms with Crippen molar-refractivity contribution in [2.45, 2.75) is 4.90 Å². The van der Waals surface area contributed by atoms with E-state index in [-0.39, 0.29) is 5.69 Å². The maximum Gasteiger partial charge on any atom is 0.289 e. The minimum absolute atomic E-state index is 0.274. The number of aromatic nitrogens is 2. The molecule has 8 nitrogen and oxygen atoms in total. The summed E-state index contributed by atoms with van der Waals surface area (Å²) in [6.45, 7) is 0. The summed E-state index contributed by atoms with van der Waals surface area (Å²) in [5.74, 6) is 0.591. The highest BCUT2D eigenvalue weighted by Crippen LogP contribution is 2.27. The van der Waals surface area contributed by atoms with Gasteiger partial charge in [-0.2, -0.15) is 0 Å². The Morgan fingerprint density at radius 2 is 1.71 bits per heavy atom. The van der Waals surface area contributed by atoms with Gasteiger partial charge in [0.1, 0.15) is 5.82 Å². The number of rotatable bonds is 5. The van der Waals surface area contributed by atoms with E-state index in [2.05, 4.69) is 14.7 Å². The summed E-state index contributed by atoms with van der Waals surface area (Å²) in [6, 6.07) is 19.4. The molecule has 0 unspecified atom stereocenters. The molecule has 9 heteroatoms. The molecule has 0 radical (unpaired) electrons. The number of nitrogens with zero attached hydrogens (tertiary/aromatic N) is 2. The highest BCUT2D eigenvalue weighted by Gasteiger charge is 2.25. The van der Waals surface area contributed by atoms with E-state index in [1.54, 1.807) is 24.3 Å². The number of imidazole rings is 1. The monoisotopic (exact) mass is 394 g/mol. The first-order chi connectivity index (χ1) is 13.4. The number of anilines is 1. The predicted molar refractivity (Wildman–Crippen MR) is 105 cm³/mol. The molecule has 0 atom stereocenters. The van der Waals surface area contributed by atoms with E-state index in [4.69, 9.17) is 0 Å². The molecule has 4 rings (SSSR count). The zero-order valence-electron chi connectivity index (χ0n) is 14.4. The fraction of sp³-hybridized carbons (Fsp3) is 0. The maximum absolute atomic E-state index is 12.7. The molecule has 0 spiro atoms. The number of fused-ring (bicyclic) bond motifs is 1. The normalized spacial score (nSPS) is 11.4. The molecular weight excluding hydrogens is 380 g/mol. The number of H-pyrrole nitrogens is 1. The largest absolute Gasteiger partial charge is 0.338 e. The second-order valence-corrected chi connectivity index (χ2v) is 7.66. The number of para-hydroxylation sites is 3. The molecular formula is C19H14N4O4S. The van der Waals surface area contributed by atoms with Crippen LogP contribution in [0.25, 0.3) is 22.4 Å². The molecule has 0 saturated carbocycles. The van der Waals surface area contributed by atoms with Gasteiger partial charge in [0.25, 0.3) is 15.7 Å². The summed E-state index contributed by atoms with van der Waals surface area (Å²) in [4.78, 5) is 17.7. The van der Waals surface area contributed by atoms with E-state index in [0.717, 1.165) is 17.1 Å². The molecule has 0 bridgehead atoms. The van der Waals surface area contributed by atoms with Crippen LogP contribution in [0, 0.1) is 10.1 Å². The van der Waals surface area contributed by atoms with Gasteiger partial charge in [-0.3, -0.25) is 14.8 Å². The van der Waals surface area contributed by atoms with Crippen molar-refractivity contribution in [3.05, 3.63) is 82.9 Å². The maximum atomic E-state index is 12.7. The quantitative estimate of drug-likeness (QED) is 0.393. The second kappa shape index (κ2) is 6.78. The summed E-state index contributed by atoms with van der Waals surface area (Å²) in [7, 11) is -4.13. The lowest BCUT2D eigenvalue weighted by atomic mass is 10.2. The van der Waals surface area contributed by atoms with Gasteiger partial charge in [0, 0.05) is 17.3 Å². The summed E-state index contributed by atoms with van der Waals surface area (Å²) in [5, 5.41) is 11.1. The summed E-state index contributed by atoms with van der Waals surface area (Å²) < 4.78 is 27.8. The van der Waals surface area contributed by atoms with E-state index in [0.29, 0.717) is 11.4 Å². The minimum atomic E-state index is -4.13. The Kier molecular flexibility index (Phi) is 4.28. The van der Waals surface area contributed by atoms with Crippen LogP contribution in [-0.2, 0) is 10.0 Å². The van der Waals surface area contributed by atoms with E-state index in [1.807, 2.05) is 24.3 Å². The highest BCUT2D eigenvalue weighted by molar-refractivity contribution is 7.92. The molecule has 3 aromatic carbocycles. The van der Waals surface area contributed by atoms with Crippen molar-refractivity contribution in [1.82, 2.24) is 9.97 Å². The van der Waals surface area contributed by atoms with Crippen molar-refractivity contribution in [2.24, 2.45) is 0 Å². The zero-order valence-corrected chi connectivity index (χ0v) is 15.2. The fourth-order valence-corrected chi connectivity index (χ4v) is 4.09. The zero-order chi connectivity index (χ0) is 19.7. The molecule has 0 saturated heterocycles. The molecule has 2 N–H and O–H groups in total. The number of nitrogens with one attached hydrogen (secondary N) is 2. The Balaban J connectivity index is 1.69. The van der Waals surface area contributed by atoms with Gasteiger partial charge in [-0.25, -0.2) is 13.4 Å². The molecule has 0 fully saturated rings. The molecule has 1 aromatic heterocycles. The van der Waals surface area contributed by atoms with Crippen LogP contribution in [-0.4, -0.2) is 23.3 Å². The lowest BCUT2D eigenvalue weighted by Crippen LogP contribution is -2.14. The topological polar surface area (TPSA) is 118 Å². The Bertz CT molecular complexity index is 1270. The van der Waals surface area contributed by atoms with Gasteiger partial charge in [0.2, 0.25) is 0 Å². The van der Waals surface area contributed by atoms with Crippen molar-refractivity contribution in [1.29, 1.82) is 0 Å². The number of nitro benzene ring substituents is 1. The number of nitro groups is 1. The minimum Gasteiger partial charge on any atom is -0.338 e. The predicted octanol–water partition coefficient (Wildman–Crippen LogP) is 3.94. The average molecular weight is 394 g/mol. The van der Waals surface area contributed by atoms with Gasteiger partial charge < -0.3 is 4.98 Å². The first-order valence-corrected chi connectivity index (χ1v) is 9.74. The number of sulfonamides is 1. The standard InChI is InChI=1S/C19H14N4O4S/c24-23(25)17-10-3-4-11-18(17)28(26,27)22-14-7-5-6-13(12-14)19-20-15-8-1-2-9-16(15)21-19/h1-12,22H,(H,20,21). The lowest BCUT2D eigenvalue weighted by molar-refractivity contribution is -0.387. The number of hydrogen-bond donors (Lipinski definition) is 2. The van der Waals surface area contributed by atoms with Crippen molar-refractivity contribution in [3.8, 4) is 11.4 Å². The Morgan fingerprint density at radius 1 is 0.964 bits per heavy atom.